The number of ether oxygens (including phenoxy) is 1. The molecule has 5 nitrogen and oxygen atoms in total. The molecule has 1 spiro atoms. The number of hydrogen-bond donors (Lipinski definition) is 0. The van der Waals surface area contributed by atoms with Gasteiger partial charge >= 0.3 is 0 Å². The van der Waals surface area contributed by atoms with Crippen molar-refractivity contribution in [3.63, 3.8) is 0 Å². The molecule has 0 saturated carbocycles. The lowest BCUT2D eigenvalue weighted by Crippen LogP contribution is -2.48. The molecular weight excluding hydrogens is 432 g/mol. The van der Waals surface area contributed by atoms with E-state index in [-0.39, 0.29) is 11.4 Å². The fraction of sp³-hybridized carbons (Fsp3) is 0.429. The first-order valence-corrected chi connectivity index (χ1v) is 10.8. The number of fused-ring (bicyclic) bond motifs is 2. The summed E-state index contributed by atoms with van der Waals surface area (Å²) in [6.07, 6.45) is 4.26. The van der Waals surface area contributed by atoms with E-state index in [4.69, 9.17) is 4.74 Å². The van der Waals surface area contributed by atoms with Crippen molar-refractivity contribution in [2.24, 2.45) is 0 Å². The molecule has 0 radical (unpaired) electrons. The molecule has 31 heavy (non-hydrogen) atoms. The smallest absolute Gasteiger partial charge is 0.297 e. The third kappa shape index (κ3) is 3.56. The molecule has 0 bridgehead atoms. The van der Waals surface area contributed by atoms with Crippen molar-refractivity contribution in [3.05, 3.63) is 63.2 Å². The number of hydrogen-bond acceptors (Lipinski definition) is 5. The normalized spacial score (nSPS) is 20.2. The van der Waals surface area contributed by atoms with Gasteiger partial charge in [0.15, 0.2) is 16.8 Å². The summed E-state index contributed by atoms with van der Waals surface area (Å²) in [7, 11) is 0. The first-order valence-electron chi connectivity index (χ1n) is 9.98. The molecule has 10 heteroatoms. The SMILES string of the molecule is Cc1nn(-c2ncccc2F)cc1CN1CCC2(CC1)OCC(F)(F)c1cc(F)sc12. The van der Waals surface area contributed by atoms with Crippen LogP contribution in [0.25, 0.3) is 5.82 Å². The second-order valence-corrected chi connectivity index (χ2v) is 9.05. The van der Waals surface area contributed by atoms with E-state index in [1.54, 1.807) is 6.20 Å². The highest BCUT2D eigenvalue weighted by molar-refractivity contribution is 7.10. The summed E-state index contributed by atoms with van der Waals surface area (Å²) in [6, 6.07) is 3.80. The summed E-state index contributed by atoms with van der Waals surface area (Å²) in [6.45, 7) is 2.92. The van der Waals surface area contributed by atoms with Crippen LogP contribution in [0.15, 0.2) is 30.6 Å². The summed E-state index contributed by atoms with van der Waals surface area (Å²) in [5.74, 6) is -3.48. The molecule has 0 unspecified atom stereocenters. The topological polar surface area (TPSA) is 43.2 Å². The van der Waals surface area contributed by atoms with Crippen molar-refractivity contribution in [2.45, 2.75) is 37.8 Å². The summed E-state index contributed by atoms with van der Waals surface area (Å²) >= 11 is 0.762. The van der Waals surface area contributed by atoms with E-state index in [1.807, 2.05) is 6.92 Å². The van der Waals surface area contributed by atoms with Gasteiger partial charge in [0, 0.05) is 48.0 Å². The monoisotopic (exact) mass is 452 g/mol. The Morgan fingerprint density at radius 2 is 2.00 bits per heavy atom. The number of rotatable bonds is 3. The van der Waals surface area contributed by atoms with Crippen molar-refractivity contribution in [1.29, 1.82) is 0 Å². The number of pyridine rings is 1. The zero-order valence-electron chi connectivity index (χ0n) is 16.7. The minimum Gasteiger partial charge on any atom is -0.363 e. The molecular formula is C21H20F4N4OS. The minimum absolute atomic E-state index is 0.137. The van der Waals surface area contributed by atoms with E-state index in [0.717, 1.165) is 28.7 Å². The molecule has 3 aromatic rings. The van der Waals surface area contributed by atoms with Crippen molar-refractivity contribution in [1.82, 2.24) is 19.7 Å². The van der Waals surface area contributed by atoms with Crippen LogP contribution in [0.1, 0.15) is 34.5 Å². The second kappa shape index (κ2) is 7.39. The van der Waals surface area contributed by atoms with Crippen molar-refractivity contribution in [2.75, 3.05) is 19.7 Å². The molecule has 2 aliphatic heterocycles. The number of nitrogens with zero attached hydrogens (tertiary/aromatic N) is 4. The molecule has 0 atom stereocenters. The molecule has 5 heterocycles. The summed E-state index contributed by atoms with van der Waals surface area (Å²) < 4.78 is 63.3. The van der Waals surface area contributed by atoms with E-state index in [1.165, 1.54) is 23.0 Å². The maximum Gasteiger partial charge on any atom is 0.297 e. The molecule has 0 aliphatic carbocycles. The van der Waals surface area contributed by atoms with Crippen LogP contribution in [0, 0.1) is 17.9 Å². The van der Waals surface area contributed by atoms with Crippen LogP contribution in [-0.2, 0) is 22.8 Å². The fourth-order valence-corrected chi connectivity index (χ4v) is 5.47. The lowest BCUT2D eigenvalue weighted by molar-refractivity contribution is -0.182. The maximum atomic E-state index is 14.2. The lowest BCUT2D eigenvalue weighted by Gasteiger charge is -2.45. The van der Waals surface area contributed by atoms with Gasteiger partial charge in [-0.25, -0.2) is 14.1 Å². The standard InChI is InChI=1S/C21H20F4N4OS/c1-13-14(11-29(27-13)19-16(22)3-2-6-26-19)10-28-7-4-20(5-8-28)18-15(9-17(23)31-18)21(24,25)12-30-20/h2-3,6,9,11H,4-5,7-8,10,12H2,1H3. The minimum atomic E-state index is -3.16. The van der Waals surface area contributed by atoms with Crippen molar-refractivity contribution in [3.8, 4) is 5.82 Å². The predicted molar refractivity (Wildman–Crippen MR) is 106 cm³/mol. The number of likely N-dealkylation sites (tertiary alicyclic amines) is 1. The average Bonchev–Trinajstić information content (AvgIpc) is 3.31. The number of thiophene rings is 1. The zero-order valence-corrected chi connectivity index (χ0v) is 17.6. The summed E-state index contributed by atoms with van der Waals surface area (Å²) in [4.78, 5) is 6.54. The molecule has 0 aromatic carbocycles. The molecule has 0 N–H and O–H groups in total. The molecule has 1 saturated heterocycles. The van der Waals surface area contributed by atoms with Crippen LogP contribution in [0.2, 0.25) is 0 Å². The van der Waals surface area contributed by atoms with Crippen molar-refractivity contribution < 1.29 is 22.3 Å². The lowest BCUT2D eigenvalue weighted by atomic mass is 9.84. The van der Waals surface area contributed by atoms with Crippen LogP contribution < -0.4 is 0 Å². The third-order valence-electron chi connectivity index (χ3n) is 6.05. The van der Waals surface area contributed by atoms with Gasteiger partial charge in [0.25, 0.3) is 5.92 Å². The largest absolute Gasteiger partial charge is 0.363 e. The Kier molecular flexibility index (Phi) is 4.91. The first-order chi connectivity index (χ1) is 14.8. The predicted octanol–water partition coefficient (Wildman–Crippen LogP) is 4.53. The molecule has 0 amide bonds. The number of halogens is 4. The molecule has 3 aromatic heterocycles. The van der Waals surface area contributed by atoms with Gasteiger partial charge in [0.05, 0.1) is 5.69 Å². The van der Waals surface area contributed by atoms with Gasteiger partial charge in [0.1, 0.15) is 12.2 Å². The highest BCUT2D eigenvalue weighted by atomic mass is 32.1. The Balaban J connectivity index is 1.32. The van der Waals surface area contributed by atoms with Gasteiger partial charge < -0.3 is 4.74 Å². The number of alkyl halides is 2. The number of piperidine rings is 1. The summed E-state index contributed by atoms with van der Waals surface area (Å²) in [5, 5.41) is 3.77. The molecule has 5 rings (SSSR count). The van der Waals surface area contributed by atoms with Gasteiger partial charge in [-0.1, -0.05) is 0 Å². The van der Waals surface area contributed by atoms with E-state index in [2.05, 4.69) is 15.0 Å². The molecule has 2 aliphatic rings. The van der Waals surface area contributed by atoms with Crippen molar-refractivity contribution >= 4 is 11.3 Å². The quantitative estimate of drug-likeness (QED) is 0.548. The van der Waals surface area contributed by atoms with Gasteiger partial charge in [-0.05, 0) is 38.0 Å². The number of aromatic nitrogens is 3. The zero-order chi connectivity index (χ0) is 21.8. The average molecular weight is 452 g/mol. The maximum absolute atomic E-state index is 14.2. The number of aryl methyl sites for hydroxylation is 1. The van der Waals surface area contributed by atoms with E-state index in [0.29, 0.717) is 37.4 Å². The highest BCUT2D eigenvalue weighted by Gasteiger charge is 2.51. The van der Waals surface area contributed by atoms with E-state index >= 15 is 0 Å². The van der Waals surface area contributed by atoms with Gasteiger partial charge in [-0.15, -0.1) is 11.3 Å². The third-order valence-corrected chi connectivity index (χ3v) is 7.16. The Labute approximate surface area is 180 Å². The van der Waals surface area contributed by atoms with Crippen LogP contribution in [0.3, 0.4) is 0 Å². The Bertz CT molecular complexity index is 1120. The Morgan fingerprint density at radius 3 is 2.74 bits per heavy atom. The highest BCUT2D eigenvalue weighted by Crippen LogP contribution is 2.51. The van der Waals surface area contributed by atoms with Crippen LogP contribution in [-0.4, -0.2) is 39.4 Å². The summed E-state index contributed by atoms with van der Waals surface area (Å²) in [5.41, 5.74) is 0.601. The Hall–Kier alpha value is -2.30. The first kappa shape index (κ1) is 20.6. The van der Waals surface area contributed by atoms with E-state index < -0.39 is 29.1 Å². The van der Waals surface area contributed by atoms with Gasteiger partial charge in [-0.3, -0.25) is 4.90 Å². The van der Waals surface area contributed by atoms with Gasteiger partial charge in [0.2, 0.25) is 0 Å². The van der Waals surface area contributed by atoms with E-state index in [9.17, 15) is 17.6 Å². The van der Waals surface area contributed by atoms with Crippen LogP contribution >= 0.6 is 11.3 Å². The molecule has 1 fully saturated rings. The van der Waals surface area contributed by atoms with Gasteiger partial charge in [-0.2, -0.15) is 18.3 Å². The Morgan fingerprint density at radius 1 is 1.23 bits per heavy atom. The van der Waals surface area contributed by atoms with Crippen LogP contribution in [0.4, 0.5) is 17.6 Å². The second-order valence-electron chi connectivity index (χ2n) is 8.05. The fourth-order valence-electron chi connectivity index (χ4n) is 4.33. The molecule has 164 valence electrons. The van der Waals surface area contributed by atoms with Crippen LogP contribution in [0.5, 0.6) is 0 Å².